The SMILES string of the molecule is CC(C)(C#N)N(N)C(=O)c1ccncc1. The van der Waals surface area contributed by atoms with Crippen molar-refractivity contribution in [2.24, 2.45) is 5.84 Å². The number of hydrogen-bond donors (Lipinski definition) is 1. The number of pyridine rings is 1. The summed E-state index contributed by atoms with van der Waals surface area (Å²) in [6.45, 7) is 3.15. The number of hydrazine groups is 1. The molecule has 0 saturated heterocycles. The van der Waals surface area contributed by atoms with Gasteiger partial charge in [-0.15, -0.1) is 0 Å². The number of nitriles is 1. The highest BCUT2D eigenvalue weighted by Crippen LogP contribution is 2.12. The van der Waals surface area contributed by atoms with Gasteiger partial charge in [0.25, 0.3) is 5.91 Å². The van der Waals surface area contributed by atoms with E-state index in [1.807, 2.05) is 6.07 Å². The van der Waals surface area contributed by atoms with Crippen molar-refractivity contribution in [3.63, 3.8) is 0 Å². The van der Waals surface area contributed by atoms with Crippen LogP contribution in [0.4, 0.5) is 0 Å². The topological polar surface area (TPSA) is 83.0 Å². The Morgan fingerprint density at radius 1 is 1.53 bits per heavy atom. The summed E-state index contributed by atoms with van der Waals surface area (Å²) < 4.78 is 0. The lowest BCUT2D eigenvalue weighted by Crippen LogP contribution is -2.51. The number of nitrogens with two attached hydrogens (primary N) is 1. The van der Waals surface area contributed by atoms with Gasteiger partial charge in [0.2, 0.25) is 0 Å². The lowest BCUT2D eigenvalue weighted by atomic mass is 10.1. The Hall–Kier alpha value is -1.93. The Labute approximate surface area is 88.1 Å². The minimum atomic E-state index is -1.03. The minimum absolute atomic E-state index is 0.399. The van der Waals surface area contributed by atoms with E-state index >= 15 is 0 Å². The molecule has 1 heterocycles. The van der Waals surface area contributed by atoms with Gasteiger partial charge in [-0.3, -0.25) is 14.8 Å². The maximum absolute atomic E-state index is 11.8. The molecule has 78 valence electrons. The average Bonchev–Trinajstić information content (AvgIpc) is 2.28. The summed E-state index contributed by atoms with van der Waals surface area (Å²) >= 11 is 0. The summed E-state index contributed by atoms with van der Waals surface area (Å²) in [6.07, 6.45) is 3.00. The molecule has 0 aliphatic heterocycles. The monoisotopic (exact) mass is 204 g/mol. The van der Waals surface area contributed by atoms with Crippen molar-refractivity contribution in [2.45, 2.75) is 19.4 Å². The number of rotatable bonds is 2. The Kier molecular flexibility index (Phi) is 3.02. The molecule has 0 atom stereocenters. The average molecular weight is 204 g/mol. The van der Waals surface area contributed by atoms with Gasteiger partial charge in [0.1, 0.15) is 5.54 Å². The van der Waals surface area contributed by atoms with Crippen LogP contribution in [-0.4, -0.2) is 21.4 Å². The normalized spacial score (nSPS) is 10.5. The van der Waals surface area contributed by atoms with Gasteiger partial charge in [0, 0.05) is 18.0 Å². The molecule has 0 radical (unpaired) electrons. The smallest absolute Gasteiger partial charge is 0.268 e. The Bertz CT molecular complexity index is 394. The Morgan fingerprint density at radius 3 is 2.53 bits per heavy atom. The van der Waals surface area contributed by atoms with Crippen molar-refractivity contribution in [2.75, 3.05) is 0 Å². The molecule has 5 heteroatoms. The van der Waals surface area contributed by atoms with Crippen LogP contribution < -0.4 is 5.84 Å². The number of nitrogens with zero attached hydrogens (tertiary/aromatic N) is 3. The fourth-order valence-corrected chi connectivity index (χ4v) is 0.941. The van der Waals surface area contributed by atoms with Gasteiger partial charge in [-0.25, -0.2) is 5.84 Å². The summed E-state index contributed by atoms with van der Waals surface area (Å²) in [5.74, 6) is 5.18. The molecule has 15 heavy (non-hydrogen) atoms. The van der Waals surface area contributed by atoms with Gasteiger partial charge in [0.05, 0.1) is 6.07 Å². The van der Waals surface area contributed by atoms with Crippen LogP contribution in [-0.2, 0) is 0 Å². The van der Waals surface area contributed by atoms with E-state index in [-0.39, 0.29) is 0 Å². The minimum Gasteiger partial charge on any atom is -0.268 e. The zero-order valence-electron chi connectivity index (χ0n) is 8.64. The third-order valence-electron chi connectivity index (χ3n) is 2.02. The molecule has 1 amide bonds. The lowest BCUT2D eigenvalue weighted by Gasteiger charge is -2.28. The maximum atomic E-state index is 11.8. The molecule has 0 fully saturated rings. The highest BCUT2D eigenvalue weighted by Gasteiger charge is 2.28. The van der Waals surface area contributed by atoms with Crippen LogP contribution in [0.5, 0.6) is 0 Å². The van der Waals surface area contributed by atoms with Crippen molar-refractivity contribution in [1.82, 2.24) is 9.99 Å². The van der Waals surface area contributed by atoms with Crippen LogP contribution in [0.25, 0.3) is 0 Å². The van der Waals surface area contributed by atoms with Crippen LogP contribution in [0.1, 0.15) is 24.2 Å². The van der Waals surface area contributed by atoms with E-state index in [9.17, 15) is 4.79 Å². The van der Waals surface area contributed by atoms with Crippen molar-refractivity contribution >= 4 is 5.91 Å². The maximum Gasteiger partial charge on any atom is 0.269 e. The highest BCUT2D eigenvalue weighted by molar-refractivity contribution is 5.94. The van der Waals surface area contributed by atoms with Crippen LogP contribution in [0.3, 0.4) is 0 Å². The standard InChI is InChI=1S/C10H12N4O/c1-10(2,7-11)14(12)9(15)8-3-5-13-6-4-8/h3-6H,12H2,1-2H3. The molecule has 0 aliphatic carbocycles. The van der Waals surface area contributed by atoms with Crippen molar-refractivity contribution < 1.29 is 4.79 Å². The number of hydrogen-bond acceptors (Lipinski definition) is 4. The number of aromatic nitrogens is 1. The van der Waals surface area contributed by atoms with Crippen LogP contribution >= 0.6 is 0 Å². The third kappa shape index (κ3) is 2.30. The summed E-state index contributed by atoms with van der Waals surface area (Å²) in [6, 6.07) is 5.06. The molecule has 0 bridgehead atoms. The molecule has 0 aromatic carbocycles. The van der Waals surface area contributed by atoms with Gasteiger partial charge in [-0.1, -0.05) is 0 Å². The first-order valence-corrected chi connectivity index (χ1v) is 4.39. The van der Waals surface area contributed by atoms with Gasteiger partial charge >= 0.3 is 0 Å². The van der Waals surface area contributed by atoms with Crippen molar-refractivity contribution in [3.05, 3.63) is 30.1 Å². The van der Waals surface area contributed by atoms with Gasteiger partial charge in [0.15, 0.2) is 0 Å². The first-order chi connectivity index (χ1) is 6.99. The summed E-state index contributed by atoms with van der Waals surface area (Å²) in [5.41, 5.74) is -0.615. The molecular formula is C10H12N4O. The fraction of sp³-hybridized carbons (Fsp3) is 0.300. The second-order valence-corrected chi connectivity index (χ2v) is 3.58. The Morgan fingerprint density at radius 2 is 2.07 bits per heavy atom. The zero-order valence-corrected chi connectivity index (χ0v) is 8.64. The van der Waals surface area contributed by atoms with Gasteiger partial charge in [-0.05, 0) is 26.0 Å². The summed E-state index contributed by atoms with van der Waals surface area (Å²) in [5, 5.41) is 9.74. The summed E-state index contributed by atoms with van der Waals surface area (Å²) in [4.78, 5) is 15.6. The number of carbonyl (C=O) groups is 1. The first kappa shape index (κ1) is 11.1. The number of carbonyl (C=O) groups excluding carboxylic acids is 1. The first-order valence-electron chi connectivity index (χ1n) is 4.39. The molecule has 0 saturated carbocycles. The van der Waals surface area contributed by atoms with E-state index < -0.39 is 11.4 Å². The van der Waals surface area contributed by atoms with E-state index in [4.69, 9.17) is 11.1 Å². The second kappa shape index (κ2) is 4.07. The quantitative estimate of drug-likeness (QED) is 0.436. The van der Waals surface area contributed by atoms with E-state index in [0.29, 0.717) is 5.56 Å². The van der Waals surface area contributed by atoms with Crippen LogP contribution in [0.2, 0.25) is 0 Å². The van der Waals surface area contributed by atoms with E-state index in [1.54, 1.807) is 26.0 Å². The zero-order chi connectivity index (χ0) is 11.5. The molecule has 0 unspecified atom stereocenters. The third-order valence-corrected chi connectivity index (χ3v) is 2.02. The molecule has 1 aromatic heterocycles. The molecule has 1 rings (SSSR count). The Balaban J connectivity index is 2.93. The molecule has 1 aromatic rings. The summed E-state index contributed by atoms with van der Waals surface area (Å²) in [7, 11) is 0. The van der Waals surface area contributed by atoms with Gasteiger partial charge < -0.3 is 0 Å². The van der Waals surface area contributed by atoms with Crippen LogP contribution in [0, 0.1) is 11.3 Å². The van der Waals surface area contributed by atoms with Crippen molar-refractivity contribution in [1.29, 1.82) is 5.26 Å². The molecule has 0 aliphatic rings. The van der Waals surface area contributed by atoms with E-state index in [0.717, 1.165) is 5.01 Å². The van der Waals surface area contributed by atoms with Crippen molar-refractivity contribution in [3.8, 4) is 6.07 Å². The van der Waals surface area contributed by atoms with E-state index in [2.05, 4.69) is 4.98 Å². The van der Waals surface area contributed by atoms with Gasteiger partial charge in [-0.2, -0.15) is 5.26 Å². The van der Waals surface area contributed by atoms with Crippen LogP contribution in [0.15, 0.2) is 24.5 Å². The lowest BCUT2D eigenvalue weighted by molar-refractivity contribution is 0.0635. The molecular weight excluding hydrogens is 192 g/mol. The second-order valence-electron chi connectivity index (χ2n) is 3.58. The largest absolute Gasteiger partial charge is 0.269 e. The fourth-order valence-electron chi connectivity index (χ4n) is 0.941. The molecule has 5 nitrogen and oxygen atoms in total. The predicted octanol–water partition coefficient (Wildman–Crippen LogP) is 0.700. The molecule has 2 N–H and O–H groups in total. The molecule has 0 spiro atoms. The van der Waals surface area contributed by atoms with E-state index in [1.165, 1.54) is 12.4 Å². The predicted molar refractivity (Wildman–Crippen MR) is 54.3 cm³/mol. The highest BCUT2D eigenvalue weighted by atomic mass is 16.2. The number of amides is 1.